The number of nitrogens with one attached hydrogen (secondary N) is 1. The molecule has 1 aromatic rings. The van der Waals surface area contributed by atoms with Crippen molar-refractivity contribution in [2.75, 3.05) is 24.3 Å². The summed E-state index contributed by atoms with van der Waals surface area (Å²) in [6, 6.07) is 0. The highest BCUT2D eigenvalue weighted by Gasteiger charge is 2.10. The number of aromatic nitrogens is 3. The monoisotopic (exact) mass is 205 g/mol. The van der Waals surface area contributed by atoms with Crippen LogP contribution in [0.25, 0.3) is 0 Å². The molecule has 0 aromatic carbocycles. The molecule has 5 nitrogen and oxygen atoms in total. The van der Waals surface area contributed by atoms with Gasteiger partial charge in [-0.1, -0.05) is 12.2 Å². The van der Waals surface area contributed by atoms with Crippen LogP contribution < -0.4 is 10.2 Å². The maximum atomic E-state index is 4.09. The molecule has 0 saturated heterocycles. The van der Waals surface area contributed by atoms with Gasteiger partial charge in [0.25, 0.3) is 0 Å². The minimum atomic E-state index is 0.761. The fourth-order valence-corrected chi connectivity index (χ4v) is 1.50. The third-order valence-electron chi connectivity index (χ3n) is 2.28. The summed E-state index contributed by atoms with van der Waals surface area (Å²) in [5, 5.41) is 11.4. The first-order chi connectivity index (χ1) is 7.18. The van der Waals surface area contributed by atoms with Crippen LogP contribution in [0.2, 0.25) is 0 Å². The third kappa shape index (κ3) is 1.86. The fourth-order valence-electron chi connectivity index (χ4n) is 1.50. The van der Waals surface area contributed by atoms with Crippen LogP contribution in [0.15, 0.2) is 23.9 Å². The largest absolute Gasteiger partial charge is 0.347 e. The van der Waals surface area contributed by atoms with Crippen LogP contribution in [0.3, 0.4) is 0 Å². The number of rotatable bonds is 3. The molecule has 15 heavy (non-hydrogen) atoms. The zero-order valence-electron chi connectivity index (χ0n) is 9.23. The molecule has 2 rings (SSSR count). The Morgan fingerprint density at radius 3 is 2.73 bits per heavy atom. The smallest absolute Gasteiger partial charge is 0.230 e. The van der Waals surface area contributed by atoms with E-state index in [2.05, 4.69) is 27.7 Å². The Morgan fingerprint density at radius 2 is 2.20 bits per heavy atom. The molecular weight excluding hydrogens is 190 g/mol. The molecule has 0 aliphatic heterocycles. The Kier molecular flexibility index (Phi) is 2.45. The van der Waals surface area contributed by atoms with Crippen molar-refractivity contribution < 1.29 is 0 Å². The van der Waals surface area contributed by atoms with E-state index in [0.717, 1.165) is 24.0 Å². The van der Waals surface area contributed by atoms with Gasteiger partial charge >= 0.3 is 0 Å². The minimum absolute atomic E-state index is 0.761. The molecule has 1 aliphatic rings. The lowest BCUT2D eigenvalue weighted by Gasteiger charge is -2.11. The van der Waals surface area contributed by atoms with E-state index in [4.69, 9.17) is 0 Å². The number of anilines is 2. The number of hydrogen-bond donors (Lipinski definition) is 1. The summed E-state index contributed by atoms with van der Waals surface area (Å²) >= 11 is 0. The van der Waals surface area contributed by atoms with E-state index in [9.17, 15) is 0 Å². The predicted molar refractivity (Wildman–Crippen MR) is 60.8 cm³/mol. The Balaban J connectivity index is 2.19. The highest BCUT2D eigenvalue weighted by Crippen LogP contribution is 2.16. The number of allylic oxidation sites excluding steroid dienone is 3. The summed E-state index contributed by atoms with van der Waals surface area (Å²) in [6.07, 6.45) is 7.25. The van der Waals surface area contributed by atoms with Gasteiger partial charge in [0.15, 0.2) is 0 Å². The quantitative estimate of drug-likeness (QED) is 0.803. The first kappa shape index (κ1) is 9.76. The first-order valence-electron chi connectivity index (χ1n) is 4.89. The van der Waals surface area contributed by atoms with E-state index in [1.807, 2.05) is 36.7 Å². The Hall–Kier alpha value is -1.78. The molecule has 1 heterocycles. The maximum absolute atomic E-state index is 4.09. The summed E-state index contributed by atoms with van der Waals surface area (Å²) in [5.41, 5.74) is 1.08. The Bertz CT molecular complexity index is 413. The molecule has 5 heteroatoms. The molecule has 0 atom stereocenters. The zero-order valence-corrected chi connectivity index (χ0v) is 9.23. The average Bonchev–Trinajstić information content (AvgIpc) is 2.78. The number of hydrogen-bond acceptors (Lipinski definition) is 4. The molecule has 1 aromatic heterocycles. The summed E-state index contributed by atoms with van der Waals surface area (Å²) < 4.78 is 1.92. The molecule has 0 saturated carbocycles. The molecule has 0 spiro atoms. The zero-order chi connectivity index (χ0) is 10.8. The van der Waals surface area contributed by atoms with E-state index in [1.165, 1.54) is 0 Å². The van der Waals surface area contributed by atoms with Crippen LogP contribution in [0.4, 0.5) is 11.9 Å². The van der Waals surface area contributed by atoms with E-state index in [-0.39, 0.29) is 0 Å². The van der Waals surface area contributed by atoms with Crippen molar-refractivity contribution in [3.63, 3.8) is 0 Å². The molecule has 0 amide bonds. The first-order valence-corrected chi connectivity index (χ1v) is 4.89. The lowest BCUT2D eigenvalue weighted by Crippen LogP contribution is -2.14. The second-order valence-corrected chi connectivity index (χ2v) is 3.70. The van der Waals surface area contributed by atoms with Gasteiger partial charge in [-0.3, -0.25) is 4.57 Å². The van der Waals surface area contributed by atoms with Gasteiger partial charge in [-0.05, 0) is 12.5 Å². The molecule has 0 bridgehead atoms. The fraction of sp³-hybridized carbons (Fsp3) is 0.400. The van der Waals surface area contributed by atoms with Crippen molar-refractivity contribution in [1.82, 2.24) is 14.8 Å². The second-order valence-electron chi connectivity index (χ2n) is 3.70. The Morgan fingerprint density at radius 1 is 1.40 bits per heavy atom. The molecule has 1 aliphatic carbocycles. The molecule has 0 fully saturated rings. The van der Waals surface area contributed by atoms with Crippen LogP contribution in [-0.2, 0) is 7.05 Å². The average molecular weight is 205 g/mol. The summed E-state index contributed by atoms with van der Waals surface area (Å²) in [6.45, 7) is 0. The Labute approximate surface area is 89.1 Å². The minimum Gasteiger partial charge on any atom is -0.347 e. The topological polar surface area (TPSA) is 46.0 Å². The lowest BCUT2D eigenvalue weighted by molar-refractivity contribution is 0.871. The molecule has 80 valence electrons. The van der Waals surface area contributed by atoms with Crippen molar-refractivity contribution in [2.24, 2.45) is 7.05 Å². The van der Waals surface area contributed by atoms with Gasteiger partial charge in [-0.2, -0.15) is 0 Å². The molecular formula is C10H15N5. The molecule has 1 N–H and O–H groups in total. The van der Waals surface area contributed by atoms with Gasteiger partial charge in [0.1, 0.15) is 0 Å². The van der Waals surface area contributed by atoms with Gasteiger partial charge in [0.05, 0.1) is 0 Å². The summed E-state index contributed by atoms with van der Waals surface area (Å²) in [5.74, 6) is 1.59. The van der Waals surface area contributed by atoms with Crippen molar-refractivity contribution in [3.8, 4) is 0 Å². The maximum Gasteiger partial charge on any atom is 0.230 e. The van der Waals surface area contributed by atoms with Crippen molar-refractivity contribution in [1.29, 1.82) is 0 Å². The van der Waals surface area contributed by atoms with Gasteiger partial charge in [-0.15, -0.1) is 10.2 Å². The van der Waals surface area contributed by atoms with Crippen molar-refractivity contribution in [2.45, 2.75) is 6.42 Å². The molecule has 0 unspecified atom stereocenters. The highest BCUT2D eigenvalue weighted by atomic mass is 15.4. The predicted octanol–water partition coefficient (Wildman–Crippen LogP) is 1.14. The van der Waals surface area contributed by atoms with Crippen LogP contribution in [0.1, 0.15) is 6.42 Å². The number of nitrogens with zero attached hydrogens (tertiary/aromatic N) is 4. The van der Waals surface area contributed by atoms with E-state index >= 15 is 0 Å². The van der Waals surface area contributed by atoms with Gasteiger partial charge in [0.2, 0.25) is 11.9 Å². The normalized spacial score (nSPS) is 14.2. The van der Waals surface area contributed by atoms with Crippen molar-refractivity contribution >= 4 is 11.9 Å². The van der Waals surface area contributed by atoms with Crippen LogP contribution in [0, 0.1) is 0 Å². The van der Waals surface area contributed by atoms with E-state index < -0.39 is 0 Å². The van der Waals surface area contributed by atoms with Crippen LogP contribution in [0.5, 0.6) is 0 Å². The lowest BCUT2D eigenvalue weighted by atomic mass is 10.4. The third-order valence-corrected chi connectivity index (χ3v) is 2.28. The summed E-state index contributed by atoms with van der Waals surface area (Å²) in [7, 11) is 5.84. The van der Waals surface area contributed by atoms with E-state index in [1.54, 1.807) is 0 Å². The van der Waals surface area contributed by atoms with Gasteiger partial charge in [-0.25, -0.2) is 0 Å². The van der Waals surface area contributed by atoms with Gasteiger partial charge in [0, 0.05) is 26.8 Å². The van der Waals surface area contributed by atoms with Crippen molar-refractivity contribution in [3.05, 3.63) is 23.9 Å². The standard InChI is InChI=1S/C10H15N5/c1-14(2)10-13-12-9(15(10)3)11-8-6-4-5-7-8/h4,6-7H,5H2,1-3H3,(H,11,12). The highest BCUT2D eigenvalue weighted by molar-refractivity contribution is 5.46. The molecule has 0 radical (unpaired) electrons. The summed E-state index contributed by atoms with van der Waals surface area (Å²) in [4.78, 5) is 1.93. The van der Waals surface area contributed by atoms with Gasteiger partial charge < -0.3 is 10.2 Å². The van der Waals surface area contributed by atoms with Crippen LogP contribution in [-0.4, -0.2) is 28.9 Å². The van der Waals surface area contributed by atoms with Crippen LogP contribution >= 0.6 is 0 Å². The van der Waals surface area contributed by atoms with E-state index in [0.29, 0.717) is 0 Å². The second kappa shape index (κ2) is 3.76. The SMILES string of the molecule is CN(C)c1nnc(NC2=CCC=C2)n1C.